The number of rotatable bonds is 8. The molecule has 2 aromatic carbocycles. The molecular weight excluding hydrogens is 316 g/mol. The summed E-state index contributed by atoms with van der Waals surface area (Å²) in [6.45, 7) is 3.86. The highest BCUT2D eigenvalue weighted by atomic mass is 16.4. The first-order chi connectivity index (χ1) is 12.0. The van der Waals surface area contributed by atoms with Gasteiger partial charge >= 0.3 is 5.97 Å². The van der Waals surface area contributed by atoms with Gasteiger partial charge in [0, 0.05) is 5.69 Å². The maximum Gasteiger partial charge on any atom is 0.323 e. The van der Waals surface area contributed by atoms with E-state index in [9.17, 15) is 9.59 Å². The van der Waals surface area contributed by atoms with Crippen molar-refractivity contribution in [1.29, 1.82) is 0 Å². The number of nitrogens with one attached hydrogen (secondary N) is 1. The van der Waals surface area contributed by atoms with Gasteiger partial charge in [0.05, 0.1) is 12.6 Å². The van der Waals surface area contributed by atoms with Gasteiger partial charge in [0.1, 0.15) is 6.54 Å². The smallest absolute Gasteiger partial charge is 0.323 e. The molecule has 0 radical (unpaired) electrons. The van der Waals surface area contributed by atoms with Gasteiger partial charge < -0.3 is 15.3 Å². The molecule has 0 fully saturated rings. The molecule has 0 saturated carbocycles. The number of aliphatic carboxylic acids is 1. The van der Waals surface area contributed by atoms with Crippen molar-refractivity contribution in [3.05, 3.63) is 66.2 Å². The molecule has 0 heterocycles. The molecule has 1 atom stereocenters. The van der Waals surface area contributed by atoms with Gasteiger partial charge in [0.25, 0.3) is 0 Å². The number of hydrogen-bond acceptors (Lipinski definition) is 3. The van der Waals surface area contributed by atoms with Crippen LogP contribution in [0.4, 0.5) is 5.69 Å². The van der Waals surface area contributed by atoms with Crippen LogP contribution in [0.25, 0.3) is 0 Å². The van der Waals surface area contributed by atoms with E-state index < -0.39 is 5.97 Å². The molecule has 0 saturated heterocycles. The van der Waals surface area contributed by atoms with E-state index in [1.807, 2.05) is 62.4 Å². The Morgan fingerprint density at radius 1 is 0.960 bits per heavy atom. The molecule has 0 aliphatic carbocycles. The highest BCUT2D eigenvalue weighted by Gasteiger charge is 2.20. The van der Waals surface area contributed by atoms with Gasteiger partial charge in [-0.1, -0.05) is 62.4 Å². The van der Waals surface area contributed by atoms with E-state index in [2.05, 4.69) is 5.32 Å². The van der Waals surface area contributed by atoms with Crippen LogP contribution in [0.15, 0.2) is 60.7 Å². The third-order valence-electron chi connectivity index (χ3n) is 3.92. The van der Waals surface area contributed by atoms with Crippen LogP contribution in [-0.2, 0) is 9.59 Å². The van der Waals surface area contributed by atoms with E-state index in [0.29, 0.717) is 5.69 Å². The fraction of sp³-hybridized carbons (Fsp3) is 0.300. The maximum absolute atomic E-state index is 12.6. The summed E-state index contributed by atoms with van der Waals surface area (Å²) in [4.78, 5) is 25.2. The first-order valence-corrected chi connectivity index (χ1v) is 8.33. The van der Waals surface area contributed by atoms with Crippen molar-refractivity contribution in [3.8, 4) is 0 Å². The molecule has 2 rings (SSSR count). The lowest BCUT2D eigenvalue weighted by Crippen LogP contribution is -2.42. The highest BCUT2D eigenvalue weighted by molar-refractivity contribution is 5.84. The van der Waals surface area contributed by atoms with Crippen molar-refractivity contribution in [2.45, 2.75) is 19.9 Å². The average Bonchev–Trinajstić information content (AvgIpc) is 2.60. The van der Waals surface area contributed by atoms with E-state index in [1.54, 1.807) is 17.0 Å². The normalized spacial score (nSPS) is 11.8. The third kappa shape index (κ3) is 5.64. The van der Waals surface area contributed by atoms with Gasteiger partial charge in [-0.15, -0.1) is 0 Å². The summed E-state index contributed by atoms with van der Waals surface area (Å²) in [5.74, 6) is -0.955. The maximum atomic E-state index is 12.6. The summed E-state index contributed by atoms with van der Waals surface area (Å²) < 4.78 is 0. The zero-order valence-corrected chi connectivity index (χ0v) is 14.6. The molecule has 132 valence electrons. The van der Waals surface area contributed by atoms with Gasteiger partial charge in [-0.25, -0.2) is 0 Å². The number of carboxylic acids is 1. The van der Waals surface area contributed by atoms with Crippen molar-refractivity contribution in [3.63, 3.8) is 0 Å². The molecule has 0 spiro atoms. The summed E-state index contributed by atoms with van der Waals surface area (Å²) in [6, 6.07) is 18.8. The lowest BCUT2D eigenvalue weighted by molar-refractivity contribution is -0.135. The first kappa shape index (κ1) is 18.5. The second kappa shape index (κ2) is 8.87. The number of benzene rings is 2. The number of carbonyl (C=O) groups excluding carboxylic acids is 1. The minimum absolute atomic E-state index is 0.00757. The lowest BCUT2D eigenvalue weighted by Gasteiger charge is -2.26. The van der Waals surface area contributed by atoms with Crippen molar-refractivity contribution < 1.29 is 14.7 Å². The molecule has 5 heteroatoms. The second-order valence-electron chi connectivity index (χ2n) is 6.29. The summed E-state index contributed by atoms with van der Waals surface area (Å²) in [5.41, 5.74) is 1.75. The Morgan fingerprint density at radius 3 is 2.04 bits per heavy atom. The monoisotopic (exact) mass is 340 g/mol. The van der Waals surface area contributed by atoms with Gasteiger partial charge in [-0.2, -0.15) is 0 Å². The Morgan fingerprint density at radius 2 is 1.52 bits per heavy atom. The predicted octanol–water partition coefficient (Wildman–Crippen LogP) is 3.09. The standard InChI is InChI=1S/C20H24N2O3/c1-15(2)20(16-9-5-3-6-10-16)21-18(23)13-22(14-19(24)25)17-11-7-4-8-12-17/h3-12,15,20H,13-14H2,1-2H3,(H,21,23)(H,24,25). The molecule has 0 aliphatic rings. The average molecular weight is 340 g/mol. The van der Waals surface area contributed by atoms with E-state index >= 15 is 0 Å². The van der Waals surface area contributed by atoms with Crippen LogP contribution >= 0.6 is 0 Å². The Kier molecular flexibility index (Phi) is 6.57. The topological polar surface area (TPSA) is 69.6 Å². The number of carboxylic acid groups (broad SMARTS) is 1. The molecule has 0 bridgehead atoms. The predicted molar refractivity (Wildman–Crippen MR) is 98.5 cm³/mol. The zero-order valence-electron chi connectivity index (χ0n) is 14.6. The van der Waals surface area contributed by atoms with Gasteiger partial charge in [-0.3, -0.25) is 9.59 Å². The Balaban J connectivity index is 2.10. The number of hydrogen-bond donors (Lipinski definition) is 2. The molecular formula is C20H24N2O3. The minimum atomic E-state index is -0.972. The fourth-order valence-electron chi connectivity index (χ4n) is 2.73. The second-order valence-corrected chi connectivity index (χ2v) is 6.29. The van der Waals surface area contributed by atoms with Gasteiger partial charge in [0.2, 0.25) is 5.91 Å². The number of carbonyl (C=O) groups is 2. The van der Waals surface area contributed by atoms with Crippen LogP contribution in [0.5, 0.6) is 0 Å². The highest BCUT2D eigenvalue weighted by Crippen LogP contribution is 2.21. The Hall–Kier alpha value is -2.82. The zero-order chi connectivity index (χ0) is 18.2. The van der Waals surface area contributed by atoms with E-state index in [0.717, 1.165) is 5.56 Å². The number of nitrogens with zero attached hydrogens (tertiary/aromatic N) is 1. The van der Waals surface area contributed by atoms with Crippen molar-refractivity contribution in [2.24, 2.45) is 5.92 Å². The van der Waals surface area contributed by atoms with E-state index in [-0.39, 0.29) is 31.0 Å². The lowest BCUT2D eigenvalue weighted by atomic mass is 9.96. The van der Waals surface area contributed by atoms with Crippen LogP contribution in [-0.4, -0.2) is 30.1 Å². The van der Waals surface area contributed by atoms with Gasteiger partial charge in [0.15, 0.2) is 0 Å². The SMILES string of the molecule is CC(C)C(NC(=O)CN(CC(=O)O)c1ccccc1)c1ccccc1. The molecule has 0 aliphatic heterocycles. The number of amides is 1. The quantitative estimate of drug-likeness (QED) is 0.775. The van der Waals surface area contributed by atoms with E-state index in [1.165, 1.54) is 0 Å². The molecule has 2 aromatic rings. The number of anilines is 1. The van der Waals surface area contributed by atoms with Crippen molar-refractivity contribution in [2.75, 3.05) is 18.0 Å². The first-order valence-electron chi connectivity index (χ1n) is 8.33. The summed E-state index contributed by atoms with van der Waals surface area (Å²) in [5, 5.41) is 12.2. The largest absolute Gasteiger partial charge is 0.480 e. The Bertz CT molecular complexity index is 687. The van der Waals surface area contributed by atoms with Crippen LogP contribution in [0.1, 0.15) is 25.5 Å². The van der Waals surface area contributed by atoms with Crippen molar-refractivity contribution in [1.82, 2.24) is 5.32 Å². The van der Waals surface area contributed by atoms with Gasteiger partial charge in [-0.05, 0) is 23.6 Å². The molecule has 1 amide bonds. The molecule has 1 unspecified atom stereocenters. The number of para-hydroxylation sites is 1. The molecule has 5 nitrogen and oxygen atoms in total. The summed E-state index contributed by atoms with van der Waals surface area (Å²) >= 11 is 0. The van der Waals surface area contributed by atoms with E-state index in [4.69, 9.17) is 5.11 Å². The van der Waals surface area contributed by atoms with Crippen LogP contribution < -0.4 is 10.2 Å². The molecule has 25 heavy (non-hydrogen) atoms. The minimum Gasteiger partial charge on any atom is -0.480 e. The summed E-state index contributed by atoms with van der Waals surface area (Å²) in [6.07, 6.45) is 0. The van der Waals surface area contributed by atoms with Crippen LogP contribution in [0.2, 0.25) is 0 Å². The third-order valence-corrected chi connectivity index (χ3v) is 3.92. The molecule has 2 N–H and O–H groups in total. The Labute approximate surface area is 148 Å². The van der Waals surface area contributed by atoms with Crippen LogP contribution in [0, 0.1) is 5.92 Å². The van der Waals surface area contributed by atoms with Crippen molar-refractivity contribution >= 4 is 17.6 Å². The van der Waals surface area contributed by atoms with Crippen LogP contribution in [0.3, 0.4) is 0 Å². The summed E-state index contributed by atoms with van der Waals surface area (Å²) in [7, 11) is 0. The fourth-order valence-corrected chi connectivity index (χ4v) is 2.73. The molecule has 0 aromatic heterocycles.